The van der Waals surface area contributed by atoms with E-state index in [0.717, 1.165) is 25.0 Å². The first-order valence-corrected chi connectivity index (χ1v) is 8.58. The number of hydrogen-bond donors (Lipinski definition) is 3. The topological polar surface area (TPSA) is 171 Å². The average Bonchev–Trinajstić information content (AvgIpc) is 2.65. The van der Waals surface area contributed by atoms with E-state index >= 15 is 0 Å². The second kappa shape index (κ2) is 12.1. The van der Waals surface area contributed by atoms with Crippen LogP contribution in [-0.4, -0.2) is 42.3 Å². The van der Waals surface area contributed by atoms with E-state index in [1.54, 1.807) is 0 Å². The van der Waals surface area contributed by atoms with Gasteiger partial charge in [0.2, 0.25) is 5.91 Å². The molecule has 0 saturated carbocycles. The number of esters is 1. The molecule has 152 valence electrons. The first-order chi connectivity index (χ1) is 13.4. The molecule has 0 atom stereocenters. The minimum absolute atomic E-state index is 0.0182. The summed E-state index contributed by atoms with van der Waals surface area (Å²) in [6.07, 6.45) is 2.20. The first-order valence-electron chi connectivity index (χ1n) is 8.58. The highest BCUT2D eigenvalue weighted by atomic mass is 16.6. The van der Waals surface area contributed by atoms with Gasteiger partial charge >= 0.3 is 12.4 Å². The molecule has 0 saturated heterocycles. The van der Waals surface area contributed by atoms with Crippen LogP contribution in [0.4, 0.5) is 11.4 Å². The minimum atomic E-state index is -0.822. The maximum atomic E-state index is 12.2. The Bertz CT molecular complexity index is 736. The van der Waals surface area contributed by atoms with E-state index in [9.17, 15) is 29.3 Å². The second-order valence-electron chi connectivity index (χ2n) is 5.77. The van der Waals surface area contributed by atoms with Crippen molar-refractivity contribution in [2.45, 2.75) is 32.1 Å². The van der Waals surface area contributed by atoms with Gasteiger partial charge < -0.3 is 21.1 Å². The predicted molar refractivity (Wildman–Crippen MR) is 98.4 cm³/mol. The number of amides is 2. The van der Waals surface area contributed by atoms with Crippen molar-refractivity contribution < 1.29 is 28.8 Å². The van der Waals surface area contributed by atoms with Crippen LogP contribution in [0, 0.1) is 10.1 Å². The fourth-order valence-corrected chi connectivity index (χ4v) is 2.24. The van der Waals surface area contributed by atoms with Gasteiger partial charge in [0.05, 0.1) is 11.3 Å². The van der Waals surface area contributed by atoms with Gasteiger partial charge in [0.1, 0.15) is 0 Å². The summed E-state index contributed by atoms with van der Waals surface area (Å²) in [5.74, 6) is -1.83. The molecule has 0 unspecified atom stereocenters. The van der Waals surface area contributed by atoms with Gasteiger partial charge in [-0.05, 0) is 25.5 Å². The second-order valence-corrected chi connectivity index (χ2v) is 5.77. The van der Waals surface area contributed by atoms with Crippen LogP contribution < -0.4 is 16.4 Å². The van der Waals surface area contributed by atoms with Gasteiger partial charge in [0.25, 0.3) is 11.6 Å². The standard InChI is InChI=1S/C17H22N4O7/c18-6-3-1-2-4-15(23)20-13-8-12(9-14(10-13)21(26)27)17(25)19-7-5-16(24)28-11-22/h8-11H,1-7,18H2,(H,19,25)(H,20,23). The molecule has 0 aliphatic carbocycles. The third kappa shape index (κ3) is 8.36. The van der Waals surface area contributed by atoms with Crippen LogP contribution in [0.2, 0.25) is 0 Å². The number of anilines is 1. The predicted octanol–water partition coefficient (Wildman–Crippen LogP) is 0.872. The van der Waals surface area contributed by atoms with Gasteiger partial charge in [-0.15, -0.1) is 0 Å². The Balaban J connectivity index is 2.76. The number of unbranched alkanes of at least 4 members (excludes halogenated alkanes) is 2. The molecular formula is C17H22N4O7. The van der Waals surface area contributed by atoms with E-state index in [-0.39, 0.29) is 48.7 Å². The number of ether oxygens (including phenoxy) is 1. The number of rotatable bonds is 12. The number of non-ortho nitro benzene ring substituents is 1. The van der Waals surface area contributed by atoms with Gasteiger partial charge in [-0.25, -0.2) is 0 Å². The summed E-state index contributed by atoms with van der Waals surface area (Å²) in [5, 5.41) is 16.0. The third-order valence-electron chi connectivity index (χ3n) is 3.58. The molecule has 0 aliphatic rings. The summed E-state index contributed by atoms with van der Waals surface area (Å²) in [4.78, 5) is 55.6. The van der Waals surface area contributed by atoms with Crippen molar-refractivity contribution in [2.75, 3.05) is 18.4 Å². The fourth-order valence-electron chi connectivity index (χ4n) is 2.24. The Kier molecular flexibility index (Phi) is 9.83. The number of benzene rings is 1. The number of nitrogens with one attached hydrogen (secondary N) is 2. The van der Waals surface area contributed by atoms with Crippen molar-refractivity contribution in [1.29, 1.82) is 0 Å². The molecule has 4 N–H and O–H groups in total. The van der Waals surface area contributed by atoms with Crippen molar-refractivity contribution in [3.63, 3.8) is 0 Å². The van der Waals surface area contributed by atoms with Gasteiger partial charge in [0.15, 0.2) is 0 Å². The molecule has 11 nitrogen and oxygen atoms in total. The number of nitro groups is 1. The van der Waals surface area contributed by atoms with Gasteiger partial charge in [-0.1, -0.05) is 6.42 Å². The van der Waals surface area contributed by atoms with Crippen LogP contribution in [0.5, 0.6) is 0 Å². The minimum Gasteiger partial charge on any atom is -0.395 e. The molecule has 1 aromatic carbocycles. The maximum absolute atomic E-state index is 12.2. The van der Waals surface area contributed by atoms with Crippen LogP contribution in [-0.2, 0) is 19.1 Å². The Morgan fingerprint density at radius 2 is 1.89 bits per heavy atom. The lowest BCUT2D eigenvalue weighted by atomic mass is 10.1. The Hall–Kier alpha value is -3.34. The largest absolute Gasteiger partial charge is 0.395 e. The van der Waals surface area contributed by atoms with E-state index < -0.39 is 16.8 Å². The maximum Gasteiger partial charge on any atom is 0.315 e. The van der Waals surface area contributed by atoms with E-state index in [0.29, 0.717) is 13.0 Å². The van der Waals surface area contributed by atoms with Crippen LogP contribution in [0.25, 0.3) is 0 Å². The van der Waals surface area contributed by atoms with Crippen molar-refractivity contribution in [2.24, 2.45) is 5.73 Å². The lowest BCUT2D eigenvalue weighted by molar-refractivity contribution is -0.384. The van der Waals surface area contributed by atoms with Crippen LogP contribution in [0.15, 0.2) is 18.2 Å². The van der Waals surface area contributed by atoms with E-state index in [2.05, 4.69) is 15.4 Å². The Morgan fingerprint density at radius 1 is 1.14 bits per heavy atom. The van der Waals surface area contributed by atoms with E-state index in [1.807, 2.05) is 0 Å². The fraction of sp³-hybridized carbons (Fsp3) is 0.412. The molecule has 0 fully saturated rings. The smallest absolute Gasteiger partial charge is 0.315 e. The molecule has 11 heteroatoms. The Morgan fingerprint density at radius 3 is 2.54 bits per heavy atom. The van der Waals surface area contributed by atoms with Crippen molar-refractivity contribution in [3.05, 3.63) is 33.9 Å². The van der Waals surface area contributed by atoms with Gasteiger partial charge in [-0.3, -0.25) is 29.3 Å². The summed E-state index contributed by atoms with van der Waals surface area (Å²) in [5.41, 5.74) is 5.07. The summed E-state index contributed by atoms with van der Waals surface area (Å²) < 4.78 is 4.08. The SMILES string of the molecule is NCCCCCC(=O)Nc1cc(C(=O)NCCC(=O)OC=O)cc([N+](=O)[O-])c1. The zero-order chi connectivity index (χ0) is 20.9. The van der Waals surface area contributed by atoms with Crippen molar-refractivity contribution in [1.82, 2.24) is 5.32 Å². The van der Waals surface area contributed by atoms with Crippen molar-refractivity contribution in [3.8, 4) is 0 Å². The van der Waals surface area contributed by atoms with E-state index in [1.165, 1.54) is 6.07 Å². The lowest BCUT2D eigenvalue weighted by Crippen LogP contribution is -2.26. The van der Waals surface area contributed by atoms with E-state index in [4.69, 9.17) is 5.73 Å². The molecular weight excluding hydrogens is 372 g/mol. The molecule has 0 aliphatic heterocycles. The van der Waals surface area contributed by atoms with Gasteiger partial charge in [0, 0.05) is 36.3 Å². The summed E-state index contributed by atoms with van der Waals surface area (Å²) in [6, 6.07) is 3.50. The van der Waals surface area contributed by atoms with Crippen molar-refractivity contribution >= 4 is 35.6 Å². The number of nitro benzene ring substituents is 1. The average molecular weight is 394 g/mol. The monoisotopic (exact) mass is 394 g/mol. The molecule has 0 radical (unpaired) electrons. The molecule has 0 bridgehead atoms. The van der Waals surface area contributed by atoms with Crippen LogP contribution >= 0.6 is 0 Å². The molecule has 1 rings (SSSR count). The number of nitrogens with two attached hydrogens (primary N) is 1. The first kappa shape index (κ1) is 22.7. The normalized spacial score (nSPS) is 10.0. The number of hydrogen-bond acceptors (Lipinski definition) is 8. The zero-order valence-corrected chi connectivity index (χ0v) is 15.1. The van der Waals surface area contributed by atoms with Crippen LogP contribution in [0.1, 0.15) is 42.5 Å². The van der Waals surface area contributed by atoms with Crippen LogP contribution in [0.3, 0.4) is 0 Å². The molecule has 28 heavy (non-hydrogen) atoms. The summed E-state index contributed by atoms with van der Waals surface area (Å²) >= 11 is 0. The number of carbonyl (C=O) groups excluding carboxylic acids is 4. The summed E-state index contributed by atoms with van der Waals surface area (Å²) in [6.45, 7) is 0.393. The molecule has 1 aromatic rings. The van der Waals surface area contributed by atoms with Gasteiger partial charge in [-0.2, -0.15) is 0 Å². The highest BCUT2D eigenvalue weighted by Gasteiger charge is 2.16. The third-order valence-corrected chi connectivity index (χ3v) is 3.58. The Labute approximate surface area is 160 Å². The molecule has 2 amide bonds. The number of nitrogens with zero attached hydrogens (tertiary/aromatic N) is 1. The number of carbonyl (C=O) groups is 4. The highest BCUT2D eigenvalue weighted by molar-refractivity contribution is 5.98. The quantitative estimate of drug-likeness (QED) is 0.117. The lowest BCUT2D eigenvalue weighted by Gasteiger charge is -2.09. The summed E-state index contributed by atoms with van der Waals surface area (Å²) in [7, 11) is 0. The molecule has 0 aromatic heterocycles. The molecule has 0 heterocycles. The molecule has 0 spiro atoms. The zero-order valence-electron chi connectivity index (χ0n) is 15.1. The highest BCUT2D eigenvalue weighted by Crippen LogP contribution is 2.21.